The fourth-order valence-corrected chi connectivity index (χ4v) is 4.18. The highest BCUT2D eigenvalue weighted by Crippen LogP contribution is 2.34. The molecule has 2 aliphatic rings. The number of carbonyl (C=O) groups is 4. The van der Waals surface area contributed by atoms with E-state index in [1.807, 2.05) is 6.92 Å². The van der Waals surface area contributed by atoms with Gasteiger partial charge in [0.2, 0.25) is 12.7 Å². The number of imide groups is 1. The lowest BCUT2D eigenvalue weighted by Crippen LogP contribution is -2.31. The largest absolute Gasteiger partial charge is 0.454 e. The van der Waals surface area contributed by atoms with Gasteiger partial charge in [0.25, 0.3) is 17.7 Å². The number of amides is 4. The van der Waals surface area contributed by atoms with Crippen molar-refractivity contribution in [2.24, 2.45) is 0 Å². The van der Waals surface area contributed by atoms with Crippen LogP contribution in [0.5, 0.6) is 11.5 Å². The van der Waals surface area contributed by atoms with Gasteiger partial charge in [0, 0.05) is 24.7 Å². The summed E-state index contributed by atoms with van der Waals surface area (Å²) >= 11 is 0. The van der Waals surface area contributed by atoms with Gasteiger partial charge < -0.3 is 20.1 Å². The Labute approximate surface area is 207 Å². The number of anilines is 2. The van der Waals surface area contributed by atoms with Gasteiger partial charge in [0.05, 0.1) is 22.4 Å². The van der Waals surface area contributed by atoms with E-state index in [9.17, 15) is 19.2 Å². The molecule has 0 saturated carbocycles. The molecule has 2 heterocycles. The predicted molar refractivity (Wildman–Crippen MR) is 131 cm³/mol. The van der Waals surface area contributed by atoms with E-state index in [2.05, 4.69) is 10.6 Å². The average molecular weight is 485 g/mol. The van der Waals surface area contributed by atoms with Crippen LogP contribution in [0.3, 0.4) is 0 Å². The lowest BCUT2D eigenvalue weighted by atomic mass is 10.1. The Morgan fingerprint density at radius 1 is 0.889 bits per heavy atom. The van der Waals surface area contributed by atoms with Gasteiger partial charge in [-0.15, -0.1) is 0 Å². The number of nitrogens with one attached hydrogen (secondary N) is 2. The standard InChI is InChI=1S/C27H23N3O6/c1-16-8-10-18-20(13-16)27(34)30(26(18)33)12-4-7-24(31)29-21-6-3-2-5-19(21)25(32)28-17-9-11-22-23(14-17)36-15-35-22/h2-3,5-6,8-11,13-14H,4,7,12,15H2,1H3,(H,28,32)(H,29,31). The SMILES string of the molecule is Cc1ccc2c(c1)C(=O)N(CCCC(=O)Nc1ccccc1C(=O)Nc1ccc3c(c1)OCO3)C2=O. The molecule has 0 saturated heterocycles. The van der Waals surface area contributed by atoms with Gasteiger partial charge in [-0.1, -0.05) is 23.8 Å². The van der Waals surface area contributed by atoms with Crippen molar-refractivity contribution >= 4 is 35.0 Å². The molecule has 3 aromatic carbocycles. The molecule has 4 amide bonds. The van der Waals surface area contributed by atoms with Gasteiger partial charge >= 0.3 is 0 Å². The number of fused-ring (bicyclic) bond motifs is 2. The second kappa shape index (κ2) is 9.53. The minimum absolute atomic E-state index is 0.0740. The third kappa shape index (κ3) is 4.50. The second-order valence-corrected chi connectivity index (χ2v) is 8.53. The van der Waals surface area contributed by atoms with Crippen LogP contribution in [0.2, 0.25) is 0 Å². The van der Waals surface area contributed by atoms with Gasteiger partial charge in [-0.25, -0.2) is 0 Å². The third-order valence-corrected chi connectivity index (χ3v) is 5.99. The molecule has 2 aliphatic heterocycles. The van der Waals surface area contributed by atoms with Gasteiger partial charge in [0.1, 0.15) is 0 Å². The van der Waals surface area contributed by atoms with Crippen molar-refractivity contribution < 1.29 is 28.7 Å². The zero-order chi connectivity index (χ0) is 25.2. The maximum atomic E-state index is 12.9. The molecule has 9 heteroatoms. The van der Waals surface area contributed by atoms with Crippen molar-refractivity contribution in [1.29, 1.82) is 0 Å². The first-order valence-electron chi connectivity index (χ1n) is 11.5. The number of benzene rings is 3. The summed E-state index contributed by atoms with van der Waals surface area (Å²) in [7, 11) is 0. The summed E-state index contributed by atoms with van der Waals surface area (Å²) in [5.41, 5.74) is 2.86. The molecule has 0 bridgehead atoms. The van der Waals surface area contributed by atoms with Crippen LogP contribution in [-0.4, -0.2) is 41.9 Å². The highest BCUT2D eigenvalue weighted by molar-refractivity contribution is 6.21. The zero-order valence-corrected chi connectivity index (χ0v) is 19.5. The van der Waals surface area contributed by atoms with Crippen molar-refractivity contribution in [3.63, 3.8) is 0 Å². The van der Waals surface area contributed by atoms with E-state index in [0.29, 0.717) is 46.0 Å². The monoisotopic (exact) mass is 485 g/mol. The molecular weight excluding hydrogens is 462 g/mol. The van der Waals surface area contributed by atoms with Gasteiger partial charge in [0.15, 0.2) is 11.5 Å². The first-order valence-corrected chi connectivity index (χ1v) is 11.5. The molecular formula is C27H23N3O6. The molecule has 0 unspecified atom stereocenters. The zero-order valence-electron chi connectivity index (χ0n) is 19.5. The fraction of sp³-hybridized carbons (Fsp3) is 0.185. The summed E-state index contributed by atoms with van der Waals surface area (Å²) < 4.78 is 10.6. The van der Waals surface area contributed by atoms with E-state index in [4.69, 9.17) is 9.47 Å². The van der Waals surface area contributed by atoms with E-state index >= 15 is 0 Å². The van der Waals surface area contributed by atoms with E-state index < -0.39 is 5.91 Å². The predicted octanol–water partition coefficient (Wildman–Crippen LogP) is 3.99. The quantitative estimate of drug-likeness (QED) is 0.489. The molecule has 3 aromatic rings. The Kier molecular flexibility index (Phi) is 6.12. The molecule has 2 N–H and O–H groups in total. The average Bonchev–Trinajstić information content (AvgIpc) is 3.42. The lowest BCUT2D eigenvalue weighted by molar-refractivity contribution is -0.116. The third-order valence-electron chi connectivity index (χ3n) is 5.99. The minimum atomic E-state index is -0.397. The number of aryl methyl sites for hydroxylation is 1. The number of rotatable bonds is 7. The summed E-state index contributed by atoms with van der Waals surface area (Å²) in [6.45, 7) is 2.12. The Morgan fingerprint density at radius 2 is 1.67 bits per heavy atom. The first-order chi connectivity index (χ1) is 17.4. The van der Waals surface area contributed by atoms with Crippen LogP contribution in [0.1, 0.15) is 49.5 Å². The molecule has 0 radical (unpaired) electrons. The lowest BCUT2D eigenvalue weighted by Gasteiger charge is -2.14. The summed E-state index contributed by atoms with van der Waals surface area (Å²) in [5.74, 6) is -0.262. The Hall–Kier alpha value is -4.66. The van der Waals surface area contributed by atoms with E-state index in [1.165, 1.54) is 4.90 Å². The van der Waals surface area contributed by atoms with Crippen molar-refractivity contribution in [1.82, 2.24) is 4.90 Å². The van der Waals surface area contributed by atoms with Gasteiger partial charge in [-0.2, -0.15) is 0 Å². The van der Waals surface area contributed by atoms with Gasteiger partial charge in [-0.05, 0) is 49.7 Å². The Morgan fingerprint density at radius 3 is 2.53 bits per heavy atom. The highest BCUT2D eigenvalue weighted by Gasteiger charge is 2.35. The van der Waals surface area contributed by atoms with Crippen LogP contribution in [0, 0.1) is 6.92 Å². The minimum Gasteiger partial charge on any atom is -0.454 e. The normalized spacial score (nSPS) is 13.5. The number of hydrogen-bond donors (Lipinski definition) is 2. The van der Waals surface area contributed by atoms with Crippen molar-refractivity contribution in [3.8, 4) is 11.5 Å². The number of para-hydroxylation sites is 1. The van der Waals surface area contributed by atoms with Crippen LogP contribution < -0.4 is 20.1 Å². The molecule has 0 spiro atoms. The first kappa shape index (κ1) is 23.1. The molecule has 182 valence electrons. The molecule has 36 heavy (non-hydrogen) atoms. The Bertz CT molecular complexity index is 1400. The van der Waals surface area contributed by atoms with Crippen LogP contribution in [0.4, 0.5) is 11.4 Å². The molecule has 9 nitrogen and oxygen atoms in total. The van der Waals surface area contributed by atoms with Gasteiger partial charge in [-0.3, -0.25) is 24.1 Å². The van der Waals surface area contributed by atoms with Crippen molar-refractivity contribution in [2.45, 2.75) is 19.8 Å². The van der Waals surface area contributed by atoms with Crippen LogP contribution in [-0.2, 0) is 4.79 Å². The topological polar surface area (TPSA) is 114 Å². The number of ether oxygens (including phenoxy) is 2. The van der Waals surface area contributed by atoms with Crippen LogP contribution in [0.25, 0.3) is 0 Å². The summed E-state index contributed by atoms with van der Waals surface area (Å²) in [6.07, 6.45) is 0.367. The summed E-state index contributed by atoms with van der Waals surface area (Å²) in [6, 6.07) is 16.9. The molecule has 0 aromatic heterocycles. The Balaban J connectivity index is 1.18. The highest BCUT2D eigenvalue weighted by atomic mass is 16.7. The maximum absolute atomic E-state index is 12.9. The number of hydrogen-bond acceptors (Lipinski definition) is 6. The molecule has 0 atom stereocenters. The van der Waals surface area contributed by atoms with Crippen molar-refractivity contribution in [2.75, 3.05) is 24.0 Å². The number of carbonyl (C=O) groups excluding carboxylic acids is 4. The van der Waals surface area contributed by atoms with E-state index in [-0.39, 0.29) is 37.5 Å². The summed E-state index contributed by atoms with van der Waals surface area (Å²) in [4.78, 5) is 51.8. The van der Waals surface area contributed by atoms with Crippen LogP contribution >= 0.6 is 0 Å². The molecule has 5 rings (SSSR count). The fourth-order valence-electron chi connectivity index (χ4n) is 4.18. The van der Waals surface area contributed by atoms with E-state index in [0.717, 1.165) is 5.56 Å². The van der Waals surface area contributed by atoms with E-state index in [1.54, 1.807) is 60.7 Å². The smallest absolute Gasteiger partial charge is 0.261 e. The number of nitrogens with zero attached hydrogens (tertiary/aromatic N) is 1. The molecule has 0 fully saturated rings. The van der Waals surface area contributed by atoms with Crippen molar-refractivity contribution in [3.05, 3.63) is 82.9 Å². The summed E-state index contributed by atoms with van der Waals surface area (Å²) in [5, 5.41) is 5.56. The second-order valence-electron chi connectivity index (χ2n) is 8.53. The molecule has 0 aliphatic carbocycles. The van der Waals surface area contributed by atoms with Crippen LogP contribution in [0.15, 0.2) is 60.7 Å². The maximum Gasteiger partial charge on any atom is 0.261 e.